The molecule has 3 aromatic rings. The molecule has 3 heterocycles. The molecule has 3 N–H and O–H groups in total. The molecular weight excluding hydrogens is 488 g/mol. The molecule has 0 spiro atoms. The molecule has 0 aliphatic carbocycles. The molecule has 0 saturated carbocycles. The zero-order chi connectivity index (χ0) is 25.3. The van der Waals surface area contributed by atoms with Crippen LogP contribution < -0.4 is 17.1 Å². The molecule has 0 aromatic carbocycles. The number of aromatic nitrogens is 6. The molecule has 34 heavy (non-hydrogen) atoms. The second kappa shape index (κ2) is 14.0. The topological polar surface area (TPSA) is 165 Å². The maximum absolute atomic E-state index is 10.8. The van der Waals surface area contributed by atoms with Crippen LogP contribution in [0.3, 0.4) is 0 Å². The minimum Gasteiger partial charge on any atom is -0.424 e. The first-order valence-corrected chi connectivity index (χ1v) is 10.3. The maximum Gasteiger partial charge on any atom is 3.00 e. The Hall–Kier alpha value is -3.44. The van der Waals surface area contributed by atoms with E-state index in [1.54, 1.807) is 39.0 Å². The van der Waals surface area contributed by atoms with Crippen molar-refractivity contribution in [3.8, 4) is 0 Å². The van der Waals surface area contributed by atoms with Crippen LogP contribution in [0.1, 0.15) is 54.9 Å². The summed E-state index contributed by atoms with van der Waals surface area (Å²) < 4.78 is 1.62. The minimum absolute atomic E-state index is 0. The Morgan fingerprint density at radius 3 is 0.941 bits per heavy atom. The number of aryl methyl sites for hydroxylation is 6. The van der Waals surface area contributed by atoms with Gasteiger partial charge in [-0.15, -0.1) is 14.2 Å². The second-order valence-corrected chi connectivity index (χ2v) is 7.01. The van der Waals surface area contributed by atoms with Gasteiger partial charge < -0.3 is 15.6 Å². The SMILES string of the molecule is CCc1cc(C)n(O)c(=O)n1.CCc1cc(C)n(O)c(=O)n1.CCc1cc(C)n(O)c(=O)n1.[Fe+3]. The number of nitrogens with zero attached hydrogens (tertiary/aromatic N) is 6. The van der Waals surface area contributed by atoms with Crippen molar-refractivity contribution in [1.82, 2.24) is 29.1 Å². The quantitative estimate of drug-likeness (QED) is 0.339. The van der Waals surface area contributed by atoms with Gasteiger partial charge in [-0.3, -0.25) is 0 Å². The van der Waals surface area contributed by atoms with Crippen LogP contribution in [0.4, 0.5) is 0 Å². The standard InChI is InChI=1S/3C7H10N2O2.Fe/c3*1-3-6-4-5(2)9(11)7(10)8-6;/h3*4,11H,3H2,1-2H3;/q;;;+3. The van der Waals surface area contributed by atoms with Crippen molar-refractivity contribution in [2.24, 2.45) is 0 Å². The Balaban J connectivity index is 0.000000473. The van der Waals surface area contributed by atoms with Gasteiger partial charge in [-0.2, -0.15) is 15.0 Å². The summed E-state index contributed by atoms with van der Waals surface area (Å²) in [7, 11) is 0. The van der Waals surface area contributed by atoms with Crippen LogP contribution in [0.2, 0.25) is 0 Å². The summed E-state index contributed by atoms with van der Waals surface area (Å²) in [4.78, 5) is 43.3. The molecule has 1 radical (unpaired) electrons. The molecule has 185 valence electrons. The molecular formula is C21H30FeN6O6+3. The molecule has 13 heteroatoms. The van der Waals surface area contributed by atoms with Gasteiger partial charge in [0.15, 0.2) is 0 Å². The van der Waals surface area contributed by atoms with Crippen molar-refractivity contribution in [3.05, 3.63) is 83.8 Å². The van der Waals surface area contributed by atoms with E-state index in [2.05, 4.69) is 15.0 Å². The third-order valence-electron chi connectivity index (χ3n) is 4.48. The van der Waals surface area contributed by atoms with Gasteiger partial charge in [0.2, 0.25) is 0 Å². The van der Waals surface area contributed by atoms with E-state index in [-0.39, 0.29) is 17.1 Å². The fourth-order valence-electron chi connectivity index (χ4n) is 2.51. The summed E-state index contributed by atoms with van der Waals surface area (Å²) >= 11 is 0. The van der Waals surface area contributed by atoms with Crippen molar-refractivity contribution in [1.29, 1.82) is 0 Å². The molecule has 0 bridgehead atoms. The predicted molar refractivity (Wildman–Crippen MR) is 119 cm³/mol. The first kappa shape index (κ1) is 30.6. The molecule has 0 saturated heterocycles. The van der Waals surface area contributed by atoms with Crippen LogP contribution in [-0.4, -0.2) is 44.8 Å². The van der Waals surface area contributed by atoms with Crippen LogP contribution in [0.15, 0.2) is 32.6 Å². The zero-order valence-electron chi connectivity index (χ0n) is 20.0. The van der Waals surface area contributed by atoms with Gasteiger partial charge in [0.1, 0.15) is 0 Å². The monoisotopic (exact) mass is 518 g/mol. The van der Waals surface area contributed by atoms with Gasteiger partial charge in [0.05, 0.1) is 17.1 Å². The van der Waals surface area contributed by atoms with E-state index in [1.165, 1.54) is 0 Å². The molecule has 3 aromatic heterocycles. The third kappa shape index (κ3) is 8.49. The second-order valence-electron chi connectivity index (χ2n) is 7.01. The first-order chi connectivity index (χ1) is 15.4. The van der Waals surface area contributed by atoms with Gasteiger partial charge in [-0.1, -0.05) is 20.8 Å². The Bertz CT molecular complexity index is 1110. The fraction of sp³-hybridized carbons (Fsp3) is 0.429. The number of hydrogen-bond donors (Lipinski definition) is 3. The molecule has 0 aliphatic rings. The normalized spacial score (nSPS) is 9.71. The van der Waals surface area contributed by atoms with Crippen molar-refractivity contribution < 1.29 is 32.7 Å². The minimum atomic E-state index is -0.609. The zero-order valence-corrected chi connectivity index (χ0v) is 21.1. The van der Waals surface area contributed by atoms with Gasteiger partial charge in [-0.05, 0) is 58.2 Å². The Kier molecular flexibility index (Phi) is 12.5. The van der Waals surface area contributed by atoms with Gasteiger partial charge in [0, 0.05) is 17.1 Å². The molecule has 0 amide bonds. The molecule has 12 nitrogen and oxygen atoms in total. The third-order valence-corrected chi connectivity index (χ3v) is 4.48. The van der Waals surface area contributed by atoms with Crippen LogP contribution >= 0.6 is 0 Å². The Morgan fingerprint density at radius 1 is 0.588 bits per heavy atom. The smallest absolute Gasteiger partial charge is 0.424 e. The van der Waals surface area contributed by atoms with E-state index in [9.17, 15) is 14.4 Å². The van der Waals surface area contributed by atoms with Gasteiger partial charge in [0.25, 0.3) is 0 Å². The summed E-state index contributed by atoms with van der Waals surface area (Å²) in [6.07, 6.45) is 2.12. The van der Waals surface area contributed by atoms with E-state index < -0.39 is 17.1 Å². The van der Waals surface area contributed by atoms with Gasteiger partial charge in [-0.25, -0.2) is 14.4 Å². The summed E-state index contributed by atoms with van der Waals surface area (Å²) in [5.74, 6) is 0. The first-order valence-electron chi connectivity index (χ1n) is 10.3. The largest absolute Gasteiger partial charge is 3.00 e. The van der Waals surface area contributed by atoms with Gasteiger partial charge >= 0.3 is 34.1 Å². The van der Waals surface area contributed by atoms with Crippen LogP contribution in [0, 0.1) is 20.8 Å². The molecule has 0 aliphatic heterocycles. The van der Waals surface area contributed by atoms with E-state index in [0.717, 1.165) is 0 Å². The van der Waals surface area contributed by atoms with Crippen LogP contribution in [0.25, 0.3) is 0 Å². The molecule has 0 atom stereocenters. The van der Waals surface area contributed by atoms with Crippen LogP contribution in [0.5, 0.6) is 0 Å². The Morgan fingerprint density at radius 2 is 0.794 bits per heavy atom. The van der Waals surface area contributed by atoms with E-state index >= 15 is 0 Å². The van der Waals surface area contributed by atoms with Crippen molar-refractivity contribution in [2.45, 2.75) is 60.8 Å². The van der Waals surface area contributed by atoms with Crippen LogP contribution in [-0.2, 0) is 36.3 Å². The van der Waals surface area contributed by atoms with E-state index in [1.807, 2.05) is 20.8 Å². The number of hydrogen-bond acceptors (Lipinski definition) is 9. The average molecular weight is 518 g/mol. The molecule has 3 rings (SSSR count). The fourth-order valence-corrected chi connectivity index (χ4v) is 2.51. The van der Waals surface area contributed by atoms with E-state index in [0.29, 0.717) is 67.6 Å². The molecule has 0 fully saturated rings. The van der Waals surface area contributed by atoms with Crippen molar-refractivity contribution >= 4 is 0 Å². The van der Waals surface area contributed by atoms with E-state index in [4.69, 9.17) is 15.6 Å². The summed E-state index contributed by atoms with van der Waals surface area (Å²) in [6, 6.07) is 5.05. The van der Waals surface area contributed by atoms with Crippen molar-refractivity contribution in [2.75, 3.05) is 0 Å². The summed E-state index contributed by atoms with van der Waals surface area (Å²) in [5.41, 5.74) is 1.84. The summed E-state index contributed by atoms with van der Waals surface area (Å²) in [5, 5.41) is 26.9. The Labute approximate surface area is 206 Å². The maximum atomic E-state index is 10.8. The van der Waals surface area contributed by atoms with Crippen molar-refractivity contribution in [3.63, 3.8) is 0 Å². The molecule has 0 unspecified atom stereocenters. The predicted octanol–water partition coefficient (Wildman–Crippen LogP) is 1.05. The summed E-state index contributed by atoms with van der Waals surface area (Å²) in [6.45, 7) is 10.7. The number of rotatable bonds is 3. The average Bonchev–Trinajstić information content (AvgIpc) is 2.79.